The molecule has 2 atom stereocenters. The van der Waals surface area contributed by atoms with Crippen molar-refractivity contribution >= 4 is 11.6 Å². The van der Waals surface area contributed by atoms with Crippen molar-refractivity contribution in [3.8, 4) is 0 Å². The fourth-order valence-electron chi connectivity index (χ4n) is 2.08. The molecule has 2 nitrogen and oxygen atoms in total. The van der Waals surface area contributed by atoms with Gasteiger partial charge >= 0.3 is 6.18 Å². The maximum absolute atomic E-state index is 12.3. The van der Waals surface area contributed by atoms with Gasteiger partial charge in [0.15, 0.2) is 0 Å². The van der Waals surface area contributed by atoms with Gasteiger partial charge in [-0.05, 0) is 25.6 Å². The first-order valence-electron chi connectivity index (χ1n) is 5.99. The van der Waals surface area contributed by atoms with Crippen molar-refractivity contribution in [2.24, 2.45) is 5.73 Å². The van der Waals surface area contributed by atoms with Gasteiger partial charge < -0.3 is 5.73 Å². The van der Waals surface area contributed by atoms with E-state index >= 15 is 0 Å². The molecular formula is C13H18ClF3N2. The smallest absolute Gasteiger partial charge is 0.326 e. The summed E-state index contributed by atoms with van der Waals surface area (Å²) in [5, 5.41) is 0.517. The standard InChI is InChI=1S/C13H18ClF3N2/c1-9(18)12(10-5-3-4-6-11(10)14)19(2)8-7-13(15,16)17/h3-6,9,12H,7-8,18H2,1-2H3. The predicted octanol–water partition coefficient (Wildman–Crippen LogP) is 3.61. The third-order valence-corrected chi connectivity index (χ3v) is 3.29. The highest BCUT2D eigenvalue weighted by atomic mass is 35.5. The topological polar surface area (TPSA) is 29.3 Å². The Morgan fingerprint density at radius 1 is 1.32 bits per heavy atom. The molecule has 0 aromatic heterocycles. The van der Waals surface area contributed by atoms with Crippen LogP contribution in [0, 0.1) is 0 Å². The highest BCUT2D eigenvalue weighted by Gasteiger charge is 2.30. The quantitative estimate of drug-likeness (QED) is 0.899. The number of halogens is 4. The summed E-state index contributed by atoms with van der Waals surface area (Å²) in [5.41, 5.74) is 6.65. The van der Waals surface area contributed by atoms with E-state index in [9.17, 15) is 13.2 Å². The number of rotatable bonds is 5. The molecule has 0 heterocycles. The lowest BCUT2D eigenvalue weighted by Crippen LogP contribution is -2.39. The molecule has 108 valence electrons. The van der Waals surface area contributed by atoms with Crippen LogP contribution in [-0.2, 0) is 0 Å². The Morgan fingerprint density at radius 2 is 1.89 bits per heavy atom. The van der Waals surface area contributed by atoms with Gasteiger partial charge in [0.1, 0.15) is 0 Å². The number of alkyl halides is 3. The first kappa shape index (κ1) is 16.3. The van der Waals surface area contributed by atoms with Crippen LogP contribution >= 0.6 is 11.6 Å². The number of nitrogens with zero attached hydrogens (tertiary/aromatic N) is 1. The van der Waals surface area contributed by atoms with Crippen molar-refractivity contribution in [2.75, 3.05) is 13.6 Å². The summed E-state index contributed by atoms with van der Waals surface area (Å²) in [6.45, 7) is 1.65. The molecule has 0 fully saturated rings. The van der Waals surface area contributed by atoms with E-state index in [0.29, 0.717) is 5.02 Å². The molecule has 0 aliphatic heterocycles. The SMILES string of the molecule is CC(N)C(c1ccccc1Cl)N(C)CCC(F)(F)F. The minimum atomic E-state index is -4.17. The van der Waals surface area contributed by atoms with E-state index in [4.69, 9.17) is 17.3 Å². The van der Waals surface area contributed by atoms with Crippen molar-refractivity contribution in [2.45, 2.75) is 31.6 Å². The molecular weight excluding hydrogens is 277 g/mol. The maximum Gasteiger partial charge on any atom is 0.390 e. The zero-order chi connectivity index (χ0) is 14.6. The van der Waals surface area contributed by atoms with Crippen molar-refractivity contribution < 1.29 is 13.2 Å². The molecule has 19 heavy (non-hydrogen) atoms. The Labute approximate surface area is 116 Å². The second-order valence-corrected chi connectivity index (χ2v) is 5.08. The molecule has 2 unspecified atom stereocenters. The first-order chi connectivity index (χ1) is 8.72. The lowest BCUT2D eigenvalue weighted by molar-refractivity contribution is -0.138. The Balaban J connectivity index is 2.87. The van der Waals surface area contributed by atoms with Crippen LogP contribution in [0.2, 0.25) is 5.02 Å². The van der Waals surface area contributed by atoms with E-state index in [1.54, 1.807) is 43.1 Å². The van der Waals surface area contributed by atoms with Gasteiger partial charge in [0.2, 0.25) is 0 Å². The lowest BCUT2D eigenvalue weighted by Gasteiger charge is -2.32. The molecule has 0 saturated heterocycles. The van der Waals surface area contributed by atoms with Gasteiger partial charge in [0.05, 0.1) is 12.5 Å². The van der Waals surface area contributed by atoms with E-state index in [-0.39, 0.29) is 18.6 Å². The molecule has 0 aliphatic rings. The van der Waals surface area contributed by atoms with Crippen LogP contribution in [0.5, 0.6) is 0 Å². The second kappa shape index (κ2) is 6.59. The third kappa shape index (κ3) is 5.01. The zero-order valence-electron chi connectivity index (χ0n) is 10.9. The summed E-state index contributed by atoms with van der Waals surface area (Å²) in [5.74, 6) is 0. The molecule has 1 aromatic rings. The summed E-state index contributed by atoms with van der Waals surface area (Å²) in [7, 11) is 1.63. The summed E-state index contributed by atoms with van der Waals surface area (Å²) >= 11 is 6.09. The van der Waals surface area contributed by atoms with Crippen LogP contribution < -0.4 is 5.73 Å². The van der Waals surface area contributed by atoms with E-state index in [1.165, 1.54) is 0 Å². The molecule has 0 bridgehead atoms. The molecule has 0 spiro atoms. The minimum absolute atomic E-state index is 0.110. The van der Waals surface area contributed by atoms with Gasteiger partial charge in [0, 0.05) is 17.6 Å². The Morgan fingerprint density at radius 3 is 2.37 bits per heavy atom. The fraction of sp³-hybridized carbons (Fsp3) is 0.538. The van der Waals surface area contributed by atoms with Crippen molar-refractivity contribution in [3.05, 3.63) is 34.9 Å². The molecule has 1 aromatic carbocycles. The van der Waals surface area contributed by atoms with E-state index in [2.05, 4.69) is 0 Å². The number of likely N-dealkylation sites (N-methyl/N-ethyl adjacent to an activating group) is 1. The monoisotopic (exact) mass is 294 g/mol. The van der Waals surface area contributed by atoms with Crippen molar-refractivity contribution in [3.63, 3.8) is 0 Å². The van der Waals surface area contributed by atoms with Gasteiger partial charge in [0.25, 0.3) is 0 Å². The number of benzene rings is 1. The molecule has 2 N–H and O–H groups in total. The van der Waals surface area contributed by atoms with Crippen LogP contribution in [-0.4, -0.2) is 30.7 Å². The van der Waals surface area contributed by atoms with E-state index in [0.717, 1.165) is 5.56 Å². The van der Waals surface area contributed by atoms with Gasteiger partial charge in [-0.25, -0.2) is 0 Å². The molecule has 6 heteroatoms. The molecule has 0 aliphatic carbocycles. The van der Waals surface area contributed by atoms with Crippen LogP contribution in [0.15, 0.2) is 24.3 Å². The molecule has 1 rings (SSSR count). The minimum Gasteiger partial charge on any atom is -0.326 e. The van der Waals surface area contributed by atoms with Gasteiger partial charge in [-0.15, -0.1) is 0 Å². The zero-order valence-corrected chi connectivity index (χ0v) is 11.7. The largest absolute Gasteiger partial charge is 0.390 e. The van der Waals surface area contributed by atoms with Crippen LogP contribution in [0.25, 0.3) is 0 Å². The maximum atomic E-state index is 12.3. The lowest BCUT2D eigenvalue weighted by atomic mass is 9.99. The summed E-state index contributed by atoms with van der Waals surface area (Å²) < 4.78 is 36.8. The van der Waals surface area contributed by atoms with Crippen molar-refractivity contribution in [1.29, 1.82) is 0 Å². The predicted molar refractivity (Wildman–Crippen MR) is 71.1 cm³/mol. The second-order valence-electron chi connectivity index (χ2n) is 4.67. The third-order valence-electron chi connectivity index (χ3n) is 2.94. The highest BCUT2D eigenvalue weighted by molar-refractivity contribution is 6.31. The molecule has 0 radical (unpaired) electrons. The van der Waals surface area contributed by atoms with Gasteiger partial charge in [-0.2, -0.15) is 13.2 Å². The highest BCUT2D eigenvalue weighted by Crippen LogP contribution is 2.30. The fourth-order valence-corrected chi connectivity index (χ4v) is 2.33. The van der Waals surface area contributed by atoms with Gasteiger partial charge in [-0.3, -0.25) is 4.90 Å². The Hall–Kier alpha value is -0.780. The van der Waals surface area contributed by atoms with E-state index in [1.807, 2.05) is 0 Å². The average Bonchev–Trinajstić information content (AvgIpc) is 2.28. The molecule has 0 saturated carbocycles. The number of nitrogens with two attached hydrogens (primary N) is 1. The van der Waals surface area contributed by atoms with Crippen LogP contribution in [0.3, 0.4) is 0 Å². The molecule has 0 amide bonds. The first-order valence-corrected chi connectivity index (χ1v) is 6.37. The average molecular weight is 295 g/mol. The Kier molecular flexibility index (Phi) is 5.64. The van der Waals surface area contributed by atoms with Crippen molar-refractivity contribution in [1.82, 2.24) is 4.90 Å². The summed E-state index contributed by atoms with van der Waals surface area (Å²) in [6, 6.07) is 6.42. The number of hydrogen-bond donors (Lipinski definition) is 1. The van der Waals surface area contributed by atoms with Gasteiger partial charge in [-0.1, -0.05) is 29.8 Å². The summed E-state index contributed by atoms with van der Waals surface area (Å²) in [6.07, 6.45) is -5.03. The van der Waals surface area contributed by atoms with Crippen LogP contribution in [0.4, 0.5) is 13.2 Å². The number of hydrogen-bond acceptors (Lipinski definition) is 2. The van der Waals surface area contributed by atoms with Crippen LogP contribution in [0.1, 0.15) is 24.9 Å². The summed E-state index contributed by atoms with van der Waals surface area (Å²) in [4.78, 5) is 1.60. The van der Waals surface area contributed by atoms with E-state index < -0.39 is 12.6 Å². The normalized spacial score (nSPS) is 15.6. The Bertz CT molecular complexity index is 407.